The van der Waals surface area contributed by atoms with Crippen LogP contribution in [0.3, 0.4) is 0 Å². The van der Waals surface area contributed by atoms with E-state index >= 15 is 0 Å². The summed E-state index contributed by atoms with van der Waals surface area (Å²) in [7, 11) is 0. The molecule has 3 rings (SSSR count). The van der Waals surface area contributed by atoms with Crippen LogP contribution < -0.4 is 15.5 Å². The van der Waals surface area contributed by atoms with Gasteiger partial charge in [0.05, 0.1) is 0 Å². The van der Waals surface area contributed by atoms with E-state index in [9.17, 15) is 4.79 Å². The summed E-state index contributed by atoms with van der Waals surface area (Å²) < 4.78 is 0. The number of hydrogen-bond acceptors (Lipinski definition) is 5. The Labute approximate surface area is 178 Å². The predicted molar refractivity (Wildman–Crippen MR) is 124 cm³/mol. The minimum absolute atomic E-state index is 0.117. The summed E-state index contributed by atoms with van der Waals surface area (Å²) >= 11 is 0. The van der Waals surface area contributed by atoms with Gasteiger partial charge in [-0.05, 0) is 71.0 Å². The Bertz CT molecular complexity index is 1010. The number of aryl methyl sites for hydroxylation is 3. The van der Waals surface area contributed by atoms with E-state index in [-0.39, 0.29) is 5.91 Å². The number of hydrogen-bond donors (Lipinski definition) is 2. The molecule has 1 heterocycles. The number of nitrogens with one attached hydrogen (secondary N) is 2. The van der Waals surface area contributed by atoms with Gasteiger partial charge in [-0.15, -0.1) is 0 Å². The molecular weight excluding hydrogens is 374 g/mol. The zero-order valence-electron chi connectivity index (χ0n) is 18.3. The molecule has 0 atom stereocenters. The molecule has 0 radical (unpaired) electrons. The molecule has 1 aromatic heterocycles. The number of rotatable bonds is 7. The minimum atomic E-state index is -0.117. The Morgan fingerprint density at radius 2 is 1.47 bits per heavy atom. The van der Waals surface area contributed by atoms with E-state index in [4.69, 9.17) is 0 Å². The number of aromatic nitrogens is 2. The summed E-state index contributed by atoms with van der Waals surface area (Å²) in [5, 5.41) is 6.20. The molecule has 2 aromatic carbocycles. The first-order chi connectivity index (χ1) is 14.4. The summed E-state index contributed by atoms with van der Waals surface area (Å²) in [6.07, 6.45) is 0. The van der Waals surface area contributed by atoms with Gasteiger partial charge in [0.2, 0.25) is 5.95 Å². The highest BCUT2D eigenvalue weighted by molar-refractivity contribution is 6.04. The van der Waals surface area contributed by atoms with E-state index in [1.165, 1.54) is 0 Å². The standard InChI is InChI=1S/C24H29N5O/c1-6-29(7-2)22-15-18(5)25-24(28-22)27-21-10-8-20(9-11-21)26-23(30)19-13-16(3)12-17(4)14-19/h8-15H,6-7H2,1-5H3,(H,26,30)(H,25,27,28). The molecule has 6 nitrogen and oxygen atoms in total. The highest BCUT2D eigenvalue weighted by Crippen LogP contribution is 2.20. The van der Waals surface area contributed by atoms with E-state index in [1.54, 1.807) is 0 Å². The van der Waals surface area contributed by atoms with Crippen LogP contribution in [-0.4, -0.2) is 29.0 Å². The molecule has 6 heteroatoms. The predicted octanol–water partition coefficient (Wildman–Crippen LogP) is 5.24. The molecule has 0 bridgehead atoms. The summed E-state index contributed by atoms with van der Waals surface area (Å²) in [5.74, 6) is 1.35. The van der Waals surface area contributed by atoms with Crippen molar-refractivity contribution in [3.05, 3.63) is 70.9 Å². The lowest BCUT2D eigenvalue weighted by molar-refractivity contribution is 0.102. The van der Waals surface area contributed by atoms with Gasteiger partial charge in [0.15, 0.2) is 0 Å². The molecule has 30 heavy (non-hydrogen) atoms. The Morgan fingerprint density at radius 1 is 0.867 bits per heavy atom. The number of anilines is 4. The highest BCUT2D eigenvalue weighted by Gasteiger charge is 2.09. The fraction of sp³-hybridized carbons (Fsp3) is 0.292. The van der Waals surface area contributed by atoms with E-state index in [2.05, 4.69) is 45.4 Å². The third-order valence-corrected chi connectivity index (χ3v) is 4.81. The first-order valence-corrected chi connectivity index (χ1v) is 10.2. The van der Waals surface area contributed by atoms with E-state index in [0.717, 1.165) is 47.1 Å². The number of benzene rings is 2. The molecule has 3 aromatic rings. The SMILES string of the molecule is CCN(CC)c1cc(C)nc(Nc2ccc(NC(=O)c3cc(C)cc(C)c3)cc2)n1. The quantitative estimate of drug-likeness (QED) is 0.564. The van der Waals surface area contributed by atoms with Gasteiger partial charge in [0.1, 0.15) is 5.82 Å². The maximum absolute atomic E-state index is 12.5. The van der Waals surface area contributed by atoms with Crippen molar-refractivity contribution in [2.24, 2.45) is 0 Å². The Hall–Kier alpha value is -3.41. The summed E-state index contributed by atoms with van der Waals surface area (Å²) in [5.41, 5.74) is 5.30. The fourth-order valence-corrected chi connectivity index (χ4v) is 3.39. The van der Waals surface area contributed by atoms with Crippen LogP contribution in [0.15, 0.2) is 48.5 Å². The number of carbonyl (C=O) groups is 1. The lowest BCUT2D eigenvalue weighted by Gasteiger charge is -2.20. The monoisotopic (exact) mass is 403 g/mol. The molecule has 156 valence electrons. The number of amides is 1. The molecule has 0 aliphatic carbocycles. The van der Waals surface area contributed by atoms with Crippen LogP contribution in [0, 0.1) is 20.8 Å². The zero-order valence-corrected chi connectivity index (χ0v) is 18.3. The molecular formula is C24H29N5O. The highest BCUT2D eigenvalue weighted by atomic mass is 16.1. The molecule has 0 aliphatic rings. The molecule has 2 N–H and O–H groups in total. The van der Waals surface area contributed by atoms with Crippen LogP contribution in [0.25, 0.3) is 0 Å². The van der Waals surface area contributed by atoms with Crippen molar-refractivity contribution >= 4 is 29.0 Å². The fourth-order valence-electron chi connectivity index (χ4n) is 3.39. The van der Waals surface area contributed by atoms with Crippen molar-refractivity contribution in [2.45, 2.75) is 34.6 Å². The Morgan fingerprint density at radius 3 is 2.07 bits per heavy atom. The lowest BCUT2D eigenvalue weighted by atomic mass is 10.1. The molecule has 0 unspecified atom stereocenters. The second-order valence-electron chi connectivity index (χ2n) is 7.40. The van der Waals surface area contributed by atoms with Crippen LogP contribution in [0.5, 0.6) is 0 Å². The Kier molecular flexibility index (Phi) is 6.67. The summed E-state index contributed by atoms with van der Waals surface area (Å²) in [6.45, 7) is 11.9. The molecule has 0 saturated heterocycles. The van der Waals surface area contributed by atoms with Crippen LogP contribution in [0.4, 0.5) is 23.1 Å². The maximum Gasteiger partial charge on any atom is 0.255 e. The van der Waals surface area contributed by atoms with Crippen LogP contribution in [0.2, 0.25) is 0 Å². The average Bonchev–Trinajstić information content (AvgIpc) is 2.69. The van der Waals surface area contributed by atoms with Crippen molar-refractivity contribution in [3.63, 3.8) is 0 Å². The van der Waals surface area contributed by atoms with E-state index < -0.39 is 0 Å². The lowest BCUT2D eigenvalue weighted by Crippen LogP contribution is -2.23. The second-order valence-corrected chi connectivity index (χ2v) is 7.40. The van der Waals surface area contributed by atoms with E-state index in [0.29, 0.717) is 11.5 Å². The molecule has 0 fully saturated rings. The van der Waals surface area contributed by atoms with Crippen molar-refractivity contribution < 1.29 is 4.79 Å². The number of carbonyl (C=O) groups excluding carboxylic acids is 1. The summed E-state index contributed by atoms with van der Waals surface area (Å²) in [6, 6.07) is 15.4. The Balaban J connectivity index is 1.71. The van der Waals surface area contributed by atoms with Gasteiger partial charge in [0, 0.05) is 41.8 Å². The van der Waals surface area contributed by atoms with Crippen molar-refractivity contribution in [1.29, 1.82) is 0 Å². The van der Waals surface area contributed by atoms with Crippen molar-refractivity contribution in [1.82, 2.24) is 9.97 Å². The van der Waals surface area contributed by atoms with Gasteiger partial charge in [-0.2, -0.15) is 4.98 Å². The van der Waals surface area contributed by atoms with Crippen molar-refractivity contribution in [3.8, 4) is 0 Å². The molecule has 0 spiro atoms. The largest absolute Gasteiger partial charge is 0.357 e. The van der Waals surface area contributed by atoms with Crippen LogP contribution in [-0.2, 0) is 0 Å². The summed E-state index contributed by atoms with van der Waals surface area (Å²) in [4.78, 5) is 23.8. The molecule has 0 aliphatic heterocycles. The smallest absolute Gasteiger partial charge is 0.255 e. The third kappa shape index (κ3) is 5.35. The van der Waals surface area contributed by atoms with Gasteiger partial charge in [-0.1, -0.05) is 17.2 Å². The van der Waals surface area contributed by atoms with Gasteiger partial charge >= 0.3 is 0 Å². The maximum atomic E-state index is 12.5. The number of nitrogens with zero attached hydrogens (tertiary/aromatic N) is 3. The first-order valence-electron chi connectivity index (χ1n) is 10.2. The van der Waals surface area contributed by atoms with Gasteiger partial charge in [-0.3, -0.25) is 4.79 Å². The average molecular weight is 404 g/mol. The second kappa shape index (κ2) is 9.39. The van der Waals surface area contributed by atoms with Crippen molar-refractivity contribution in [2.75, 3.05) is 28.6 Å². The first kappa shape index (κ1) is 21.3. The third-order valence-electron chi connectivity index (χ3n) is 4.81. The molecule has 0 saturated carbocycles. The van der Waals surface area contributed by atoms with Crippen LogP contribution in [0.1, 0.15) is 41.0 Å². The van der Waals surface area contributed by atoms with Gasteiger partial charge in [-0.25, -0.2) is 4.98 Å². The van der Waals surface area contributed by atoms with Crippen LogP contribution >= 0.6 is 0 Å². The van der Waals surface area contributed by atoms with Gasteiger partial charge in [0.25, 0.3) is 5.91 Å². The molecule has 1 amide bonds. The van der Waals surface area contributed by atoms with Gasteiger partial charge < -0.3 is 15.5 Å². The zero-order chi connectivity index (χ0) is 21.7. The topological polar surface area (TPSA) is 70.2 Å². The van der Waals surface area contributed by atoms with E-state index in [1.807, 2.05) is 63.2 Å². The normalized spacial score (nSPS) is 10.6. The minimum Gasteiger partial charge on any atom is -0.357 e.